The summed E-state index contributed by atoms with van der Waals surface area (Å²) in [5.74, 6) is -2.11. The lowest BCUT2D eigenvalue weighted by Crippen LogP contribution is -1.85. The molecule has 1 aromatic carbocycles. The fraction of sp³-hybridized carbons (Fsp3) is 0. The molecular formula is C10H4ClF2NO2. The number of carbonyl (C=O) groups is 1. The van der Waals surface area contributed by atoms with Crippen LogP contribution in [0.5, 0.6) is 0 Å². The number of halogens is 3. The maximum absolute atomic E-state index is 12.9. The molecule has 0 atom stereocenters. The number of carbonyl (C=O) groups excluding carboxylic acids is 1. The molecule has 0 aliphatic carbocycles. The Balaban J connectivity index is 2.42. The van der Waals surface area contributed by atoms with E-state index in [0.717, 1.165) is 12.1 Å². The van der Waals surface area contributed by atoms with Crippen LogP contribution in [0.1, 0.15) is 10.6 Å². The molecule has 0 fully saturated rings. The van der Waals surface area contributed by atoms with Gasteiger partial charge in [0.15, 0.2) is 11.6 Å². The summed E-state index contributed by atoms with van der Waals surface area (Å²) >= 11 is 5.15. The molecule has 6 heteroatoms. The fourth-order valence-corrected chi connectivity index (χ4v) is 1.25. The van der Waals surface area contributed by atoms with E-state index in [0.29, 0.717) is 5.56 Å². The Bertz CT molecular complexity index is 554. The molecule has 0 radical (unpaired) electrons. The van der Waals surface area contributed by atoms with Gasteiger partial charge in [-0.05, 0) is 29.8 Å². The van der Waals surface area contributed by atoms with Crippen molar-refractivity contribution in [3.05, 3.63) is 41.7 Å². The van der Waals surface area contributed by atoms with Gasteiger partial charge < -0.3 is 4.52 Å². The quantitative estimate of drug-likeness (QED) is 0.762. The highest BCUT2D eigenvalue weighted by Crippen LogP contribution is 2.21. The Morgan fingerprint density at radius 1 is 1.25 bits per heavy atom. The minimum atomic E-state index is -1.00. The van der Waals surface area contributed by atoms with Crippen molar-refractivity contribution in [2.45, 2.75) is 0 Å². The summed E-state index contributed by atoms with van der Waals surface area (Å²) in [6.45, 7) is 0. The van der Waals surface area contributed by atoms with E-state index in [1.165, 1.54) is 12.1 Å². The number of hydrogen-bond donors (Lipinski definition) is 0. The molecule has 3 nitrogen and oxygen atoms in total. The number of rotatable bonds is 2. The Kier molecular flexibility index (Phi) is 2.70. The smallest absolute Gasteiger partial charge is 0.290 e. The van der Waals surface area contributed by atoms with Crippen molar-refractivity contribution >= 4 is 16.8 Å². The Labute approximate surface area is 93.6 Å². The van der Waals surface area contributed by atoms with E-state index in [-0.39, 0.29) is 11.5 Å². The molecule has 0 N–H and O–H groups in total. The van der Waals surface area contributed by atoms with Crippen molar-refractivity contribution in [1.82, 2.24) is 5.16 Å². The molecule has 0 saturated carbocycles. The van der Waals surface area contributed by atoms with E-state index in [1.807, 2.05) is 0 Å². The average molecular weight is 244 g/mol. The van der Waals surface area contributed by atoms with Gasteiger partial charge in [-0.15, -0.1) is 0 Å². The van der Waals surface area contributed by atoms with E-state index in [9.17, 15) is 13.6 Å². The minimum absolute atomic E-state index is 0.151. The maximum atomic E-state index is 12.9. The predicted octanol–water partition coefficient (Wildman–Crippen LogP) is 3.00. The van der Waals surface area contributed by atoms with Crippen LogP contribution in [-0.2, 0) is 0 Å². The number of aromatic nitrogens is 1. The molecular weight excluding hydrogens is 240 g/mol. The number of hydrogen-bond acceptors (Lipinski definition) is 3. The molecule has 2 rings (SSSR count). The number of benzene rings is 1. The molecule has 16 heavy (non-hydrogen) atoms. The number of nitrogens with zero attached hydrogens (tertiary/aromatic N) is 1. The van der Waals surface area contributed by atoms with Crippen LogP contribution in [0.2, 0.25) is 0 Å². The molecule has 1 heterocycles. The third-order valence-electron chi connectivity index (χ3n) is 1.92. The molecule has 0 aliphatic rings. The van der Waals surface area contributed by atoms with Crippen molar-refractivity contribution in [2.75, 3.05) is 0 Å². The Hall–Kier alpha value is -1.75. The third-order valence-corrected chi connectivity index (χ3v) is 2.11. The van der Waals surface area contributed by atoms with Crippen LogP contribution in [0.4, 0.5) is 8.78 Å². The van der Waals surface area contributed by atoms with E-state index >= 15 is 0 Å². The first-order chi connectivity index (χ1) is 7.58. The lowest BCUT2D eigenvalue weighted by Gasteiger charge is -1.96. The average Bonchev–Trinajstić information content (AvgIpc) is 2.71. The van der Waals surface area contributed by atoms with Gasteiger partial charge in [-0.2, -0.15) is 0 Å². The van der Waals surface area contributed by atoms with Crippen LogP contribution < -0.4 is 0 Å². The summed E-state index contributed by atoms with van der Waals surface area (Å²) in [4.78, 5) is 10.7. The second-order valence-electron chi connectivity index (χ2n) is 2.98. The summed E-state index contributed by atoms with van der Waals surface area (Å²) in [6, 6.07) is 4.48. The zero-order valence-corrected chi connectivity index (χ0v) is 8.46. The first-order valence-corrected chi connectivity index (χ1v) is 4.57. The van der Waals surface area contributed by atoms with Crippen molar-refractivity contribution < 1.29 is 18.1 Å². The monoisotopic (exact) mass is 243 g/mol. The van der Waals surface area contributed by atoms with Crippen molar-refractivity contribution in [1.29, 1.82) is 0 Å². The maximum Gasteiger partial charge on any atom is 0.290 e. The standard InChI is InChI=1S/C10H4ClF2NO2/c11-10(15)9-4-8(14-16-9)5-1-2-6(12)7(13)3-5/h1-4H. The second kappa shape index (κ2) is 4.02. The van der Waals surface area contributed by atoms with Gasteiger partial charge in [-0.25, -0.2) is 8.78 Å². The first kappa shape index (κ1) is 10.8. The van der Waals surface area contributed by atoms with Gasteiger partial charge in [0, 0.05) is 11.6 Å². The third kappa shape index (κ3) is 1.94. The summed E-state index contributed by atoms with van der Waals surface area (Å²) < 4.78 is 30.2. The molecule has 0 spiro atoms. The normalized spacial score (nSPS) is 10.4. The van der Waals surface area contributed by atoms with E-state index in [2.05, 4.69) is 9.68 Å². The fourth-order valence-electron chi connectivity index (χ4n) is 1.16. The summed E-state index contributed by atoms with van der Waals surface area (Å²) in [5, 5.41) is 2.70. The van der Waals surface area contributed by atoms with Gasteiger partial charge in [-0.1, -0.05) is 5.16 Å². The van der Waals surface area contributed by atoms with Crippen LogP contribution in [0.15, 0.2) is 28.8 Å². The largest absolute Gasteiger partial charge is 0.351 e. The molecule has 82 valence electrons. The van der Waals surface area contributed by atoms with Crippen LogP contribution in [0, 0.1) is 11.6 Å². The molecule has 0 amide bonds. The SMILES string of the molecule is O=C(Cl)c1cc(-c2ccc(F)c(F)c2)no1. The Morgan fingerprint density at radius 2 is 2.00 bits per heavy atom. The van der Waals surface area contributed by atoms with Gasteiger partial charge in [0.1, 0.15) is 5.69 Å². The zero-order valence-electron chi connectivity index (χ0n) is 7.71. The Morgan fingerprint density at radius 3 is 2.56 bits per heavy atom. The van der Waals surface area contributed by atoms with Crippen molar-refractivity contribution in [3.63, 3.8) is 0 Å². The topological polar surface area (TPSA) is 43.1 Å². The van der Waals surface area contributed by atoms with E-state index < -0.39 is 16.9 Å². The molecule has 2 aromatic rings. The van der Waals surface area contributed by atoms with Crippen LogP contribution in [0.3, 0.4) is 0 Å². The van der Waals surface area contributed by atoms with E-state index in [1.54, 1.807) is 0 Å². The van der Waals surface area contributed by atoms with Gasteiger partial charge in [-0.3, -0.25) is 4.79 Å². The van der Waals surface area contributed by atoms with Crippen LogP contribution in [0.25, 0.3) is 11.3 Å². The zero-order chi connectivity index (χ0) is 11.7. The minimum Gasteiger partial charge on any atom is -0.351 e. The first-order valence-electron chi connectivity index (χ1n) is 4.20. The molecule has 0 saturated heterocycles. The van der Waals surface area contributed by atoms with Gasteiger partial charge in [0.2, 0.25) is 5.76 Å². The van der Waals surface area contributed by atoms with Crippen molar-refractivity contribution in [3.8, 4) is 11.3 Å². The molecule has 0 unspecified atom stereocenters. The highest BCUT2D eigenvalue weighted by Gasteiger charge is 2.12. The lowest BCUT2D eigenvalue weighted by molar-refractivity contribution is 0.104. The second-order valence-corrected chi connectivity index (χ2v) is 3.32. The van der Waals surface area contributed by atoms with Crippen LogP contribution in [-0.4, -0.2) is 10.4 Å². The van der Waals surface area contributed by atoms with E-state index in [4.69, 9.17) is 11.6 Å². The highest BCUT2D eigenvalue weighted by atomic mass is 35.5. The van der Waals surface area contributed by atoms with Crippen molar-refractivity contribution in [2.24, 2.45) is 0 Å². The molecule has 0 aliphatic heterocycles. The summed E-state index contributed by atoms with van der Waals surface area (Å²) in [7, 11) is 0. The molecule has 1 aromatic heterocycles. The molecule has 0 bridgehead atoms. The predicted molar refractivity (Wildman–Crippen MR) is 52.0 cm³/mol. The van der Waals surface area contributed by atoms with Crippen LogP contribution >= 0.6 is 11.6 Å². The van der Waals surface area contributed by atoms with Gasteiger partial charge in [0.05, 0.1) is 0 Å². The highest BCUT2D eigenvalue weighted by molar-refractivity contribution is 6.67. The summed E-state index contributed by atoms with van der Waals surface area (Å²) in [5.41, 5.74) is 0.509. The van der Waals surface area contributed by atoms with Gasteiger partial charge in [0.25, 0.3) is 5.24 Å². The lowest BCUT2D eigenvalue weighted by atomic mass is 10.1. The summed E-state index contributed by atoms with van der Waals surface area (Å²) in [6.07, 6.45) is 0. The van der Waals surface area contributed by atoms with Gasteiger partial charge >= 0.3 is 0 Å².